The van der Waals surface area contributed by atoms with Crippen LogP contribution in [0.2, 0.25) is 5.02 Å². The Morgan fingerprint density at radius 2 is 1.84 bits per heavy atom. The molecule has 8 heteroatoms. The fraction of sp³-hybridized carbons (Fsp3) is 0.118. The third-order valence-corrected chi connectivity index (χ3v) is 6.47. The van der Waals surface area contributed by atoms with Gasteiger partial charge in [0.1, 0.15) is 6.67 Å². The van der Waals surface area contributed by atoms with Crippen LogP contribution in [0.1, 0.15) is 0 Å². The van der Waals surface area contributed by atoms with E-state index in [0.29, 0.717) is 11.7 Å². The molecule has 2 aromatic heterocycles. The van der Waals surface area contributed by atoms with Crippen molar-refractivity contribution in [1.82, 2.24) is 19.7 Å². The third-order valence-electron chi connectivity index (χ3n) is 4.05. The highest BCUT2D eigenvalue weighted by molar-refractivity contribution is 7.99. The first-order valence-corrected chi connectivity index (χ1v) is 9.89. The summed E-state index contributed by atoms with van der Waals surface area (Å²) in [5.41, 5.74) is 1.93. The summed E-state index contributed by atoms with van der Waals surface area (Å²) in [7, 11) is 0. The van der Waals surface area contributed by atoms with Crippen LogP contribution < -0.4 is 4.90 Å². The summed E-state index contributed by atoms with van der Waals surface area (Å²) < 4.78 is 3.30. The van der Waals surface area contributed by atoms with Gasteiger partial charge in [-0.3, -0.25) is 4.57 Å². The van der Waals surface area contributed by atoms with E-state index in [9.17, 15) is 0 Å². The Morgan fingerprint density at radius 3 is 2.72 bits per heavy atom. The molecule has 0 amide bonds. The van der Waals surface area contributed by atoms with Crippen LogP contribution in [0.5, 0.6) is 0 Å². The first-order chi connectivity index (χ1) is 12.3. The maximum Gasteiger partial charge on any atom is 0.194 e. The molecule has 0 fully saturated rings. The molecule has 3 heterocycles. The van der Waals surface area contributed by atoms with E-state index < -0.39 is 0 Å². The Hall–Kier alpha value is -2.09. The average Bonchev–Trinajstić information content (AvgIpc) is 3.25. The van der Waals surface area contributed by atoms with E-state index in [0.717, 1.165) is 33.1 Å². The number of thioether (sulfide) groups is 1. The molecule has 2 aromatic carbocycles. The van der Waals surface area contributed by atoms with Crippen LogP contribution in [0.3, 0.4) is 0 Å². The predicted molar refractivity (Wildman–Crippen MR) is 103 cm³/mol. The summed E-state index contributed by atoms with van der Waals surface area (Å²) in [6.07, 6.45) is 0. The molecule has 4 aromatic rings. The molecule has 0 unspecified atom stereocenters. The van der Waals surface area contributed by atoms with Crippen LogP contribution in [-0.4, -0.2) is 25.6 Å². The van der Waals surface area contributed by atoms with Crippen molar-refractivity contribution < 1.29 is 0 Å². The van der Waals surface area contributed by atoms with Crippen molar-refractivity contribution in [1.29, 1.82) is 0 Å². The Bertz CT molecular complexity index is 1040. The van der Waals surface area contributed by atoms with E-state index in [1.165, 1.54) is 4.70 Å². The van der Waals surface area contributed by atoms with Crippen molar-refractivity contribution in [2.24, 2.45) is 0 Å². The minimum atomic E-state index is 0.662. The van der Waals surface area contributed by atoms with E-state index in [4.69, 9.17) is 16.6 Å². The van der Waals surface area contributed by atoms with Crippen molar-refractivity contribution in [3.8, 4) is 11.4 Å². The molecule has 1 aliphatic rings. The SMILES string of the molecule is Clc1ccccc1-c1nnc2n1CN(c1nc3ccccc3s1)CS2. The van der Waals surface area contributed by atoms with Gasteiger partial charge in [-0.2, -0.15) is 0 Å². The molecule has 124 valence electrons. The molecule has 0 radical (unpaired) electrons. The van der Waals surface area contributed by atoms with Gasteiger partial charge in [-0.05, 0) is 24.3 Å². The highest BCUT2D eigenvalue weighted by Crippen LogP contribution is 2.36. The van der Waals surface area contributed by atoms with Crippen molar-refractivity contribution in [2.45, 2.75) is 11.8 Å². The number of halogens is 1. The van der Waals surface area contributed by atoms with Gasteiger partial charge in [0.05, 0.1) is 21.1 Å². The fourth-order valence-corrected chi connectivity index (χ4v) is 4.96. The number of benzene rings is 2. The van der Waals surface area contributed by atoms with Crippen LogP contribution >= 0.6 is 34.7 Å². The molecule has 5 nitrogen and oxygen atoms in total. The molecule has 0 atom stereocenters. The Kier molecular flexibility index (Phi) is 3.65. The molecule has 25 heavy (non-hydrogen) atoms. The third kappa shape index (κ3) is 2.59. The molecule has 5 rings (SSSR count). The van der Waals surface area contributed by atoms with Gasteiger partial charge in [-0.25, -0.2) is 4.98 Å². The predicted octanol–water partition coefficient (Wildman–Crippen LogP) is 4.74. The maximum atomic E-state index is 6.35. The van der Waals surface area contributed by atoms with Crippen LogP contribution in [0.4, 0.5) is 5.13 Å². The van der Waals surface area contributed by atoms with Gasteiger partial charge in [0, 0.05) is 5.56 Å². The second-order valence-electron chi connectivity index (χ2n) is 5.63. The number of anilines is 1. The number of para-hydroxylation sites is 1. The molecule has 0 aliphatic carbocycles. The van der Waals surface area contributed by atoms with E-state index in [1.807, 2.05) is 42.5 Å². The van der Waals surface area contributed by atoms with Gasteiger partial charge in [0.2, 0.25) is 0 Å². The number of hydrogen-bond donors (Lipinski definition) is 0. The molecule has 1 aliphatic heterocycles. The summed E-state index contributed by atoms with van der Waals surface area (Å²) in [6.45, 7) is 0.662. The van der Waals surface area contributed by atoms with Gasteiger partial charge < -0.3 is 4.90 Å². The smallest absolute Gasteiger partial charge is 0.194 e. The molecule has 0 saturated heterocycles. The van der Waals surface area contributed by atoms with Gasteiger partial charge in [0.15, 0.2) is 16.1 Å². The molecule has 0 spiro atoms. The average molecular weight is 386 g/mol. The number of hydrogen-bond acceptors (Lipinski definition) is 6. The summed E-state index contributed by atoms with van der Waals surface area (Å²) in [5.74, 6) is 1.60. The van der Waals surface area contributed by atoms with Gasteiger partial charge in [-0.15, -0.1) is 10.2 Å². The van der Waals surface area contributed by atoms with E-state index in [-0.39, 0.29) is 0 Å². The highest BCUT2D eigenvalue weighted by atomic mass is 35.5. The number of nitrogens with zero attached hydrogens (tertiary/aromatic N) is 5. The van der Waals surface area contributed by atoms with Crippen molar-refractivity contribution in [3.05, 3.63) is 53.6 Å². The van der Waals surface area contributed by atoms with Crippen molar-refractivity contribution in [3.63, 3.8) is 0 Å². The van der Waals surface area contributed by atoms with Gasteiger partial charge in [0.25, 0.3) is 0 Å². The zero-order valence-corrected chi connectivity index (χ0v) is 15.4. The minimum absolute atomic E-state index is 0.662. The number of thiazole rings is 1. The van der Waals surface area contributed by atoms with Crippen molar-refractivity contribution in [2.75, 3.05) is 10.8 Å². The van der Waals surface area contributed by atoms with Gasteiger partial charge >= 0.3 is 0 Å². The normalized spacial score (nSPS) is 14.0. The Balaban J connectivity index is 1.54. The number of aromatic nitrogens is 4. The molecular weight excluding hydrogens is 374 g/mol. The molecular formula is C17H12ClN5S2. The Labute approximate surface area is 157 Å². The lowest BCUT2D eigenvalue weighted by molar-refractivity contribution is 0.607. The first-order valence-electron chi connectivity index (χ1n) is 7.71. The fourth-order valence-electron chi connectivity index (χ4n) is 2.82. The highest BCUT2D eigenvalue weighted by Gasteiger charge is 2.25. The standard InChI is InChI=1S/C17H12ClN5S2/c18-12-6-2-1-5-11(12)15-20-21-17-23(15)9-22(10-24-17)16-19-13-7-3-4-8-14(13)25-16/h1-8H,9-10H2. The molecule has 0 N–H and O–H groups in total. The quantitative estimate of drug-likeness (QED) is 0.499. The zero-order valence-electron chi connectivity index (χ0n) is 13.0. The Morgan fingerprint density at radius 1 is 1.00 bits per heavy atom. The lowest BCUT2D eigenvalue weighted by atomic mass is 10.2. The van der Waals surface area contributed by atoms with E-state index in [1.54, 1.807) is 23.1 Å². The van der Waals surface area contributed by atoms with Crippen LogP contribution in [-0.2, 0) is 6.67 Å². The van der Waals surface area contributed by atoms with E-state index >= 15 is 0 Å². The monoisotopic (exact) mass is 385 g/mol. The minimum Gasteiger partial charge on any atom is -0.320 e. The summed E-state index contributed by atoms with van der Waals surface area (Å²) in [5, 5.41) is 11.3. The van der Waals surface area contributed by atoms with Crippen LogP contribution in [0, 0.1) is 0 Å². The van der Waals surface area contributed by atoms with Crippen LogP contribution in [0.15, 0.2) is 53.7 Å². The summed E-state index contributed by atoms with van der Waals surface area (Å²) in [4.78, 5) is 7.01. The maximum absolute atomic E-state index is 6.35. The number of fused-ring (bicyclic) bond motifs is 2. The summed E-state index contributed by atoms with van der Waals surface area (Å²) >= 11 is 9.72. The zero-order chi connectivity index (χ0) is 16.8. The number of rotatable bonds is 2. The van der Waals surface area contributed by atoms with Crippen LogP contribution in [0.25, 0.3) is 21.6 Å². The lowest BCUT2D eigenvalue weighted by Crippen LogP contribution is -2.30. The first kappa shape index (κ1) is 15.2. The topological polar surface area (TPSA) is 46.8 Å². The van der Waals surface area contributed by atoms with Crippen molar-refractivity contribution >= 4 is 50.0 Å². The second-order valence-corrected chi connectivity index (χ2v) is 7.96. The van der Waals surface area contributed by atoms with Gasteiger partial charge in [-0.1, -0.05) is 59.0 Å². The molecule has 0 bridgehead atoms. The summed E-state index contributed by atoms with van der Waals surface area (Å²) in [6, 6.07) is 15.9. The largest absolute Gasteiger partial charge is 0.320 e. The lowest BCUT2D eigenvalue weighted by Gasteiger charge is -2.27. The van der Waals surface area contributed by atoms with E-state index in [2.05, 4.69) is 25.7 Å². The molecule has 0 saturated carbocycles. The second kappa shape index (κ2) is 6.01.